The fourth-order valence-corrected chi connectivity index (χ4v) is 4.42. The molecule has 1 aromatic carbocycles. The minimum absolute atomic E-state index is 0.215. The molecule has 0 radical (unpaired) electrons. The number of aryl methyl sites for hydroxylation is 1. The number of anilines is 1. The first kappa shape index (κ1) is 22.2. The number of ether oxygens (including phenoxy) is 1. The van der Waals surface area contributed by atoms with Crippen LogP contribution in [0.3, 0.4) is 0 Å². The molecule has 0 saturated carbocycles. The van der Waals surface area contributed by atoms with Crippen LogP contribution in [0.5, 0.6) is 0 Å². The molecule has 11 nitrogen and oxygen atoms in total. The van der Waals surface area contributed by atoms with E-state index in [4.69, 9.17) is 0 Å². The fourth-order valence-electron chi connectivity index (χ4n) is 3.42. The van der Waals surface area contributed by atoms with Crippen LogP contribution in [0.2, 0.25) is 0 Å². The van der Waals surface area contributed by atoms with E-state index in [1.807, 2.05) is 0 Å². The molecule has 0 saturated heterocycles. The Balaban J connectivity index is 1.97. The Kier molecular flexibility index (Phi) is 5.93. The summed E-state index contributed by atoms with van der Waals surface area (Å²) < 4.78 is 30.5. The number of pyridine rings is 1. The zero-order chi connectivity index (χ0) is 22.9. The molecule has 0 aliphatic carbocycles. The molecule has 2 heterocycles. The average molecular weight is 449 g/mol. The summed E-state index contributed by atoms with van der Waals surface area (Å²) in [7, 11) is -2.43. The number of esters is 1. The van der Waals surface area contributed by atoms with Gasteiger partial charge in [-0.15, -0.1) is 0 Å². The highest BCUT2D eigenvalue weighted by molar-refractivity contribution is 7.92. The topological polar surface area (TPSA) is 146 Å². The first-order valence-electron chi connectivity index (χ1n) is 9.14. The van der Waals surface area contributed by atoms with Crippen molar-refractivity contribution in [3.05, 3.63) is 67.6 Å². The van der Waals surface area contributed by atoms with Crippen LogP contribution in [-0.4, -0.2) is 49.6 Å². The zero-order valence-corrected chi connectivity index (χ0v) is 17.5. The second-order valence-corrected chi connectivity index (χ2v) is 8.91. The number of methoxy groups -OCH3 is 1. The maximum Gasteiger partial charge on any atom is 0.343 e. The second kappa shape index (κ2) is 8.30. The van der Waals surface area contributed by atoms with Crippen LogP contribution in [0.15, 0.2) is 35.3 Å². The van der Waals surface area contributed by atoms with Crippen LogP contribution < -0.4 is 9.86 Å². The van der Waals surface area contributed by atoms with Crippen molar-refractivity contribution in [2.45, 2.75) is 19.4 Å². The normalized spacial score (nSPS) is 13.4. The Morgan fingerprint density at radius 2 is 1.97 bits per heavy atom. The predicted molar refractivity (Wildman–Crippen MR) is 110 cm³/mol. The minimum atomic E-state index is -3.46. The van der Waals surface area contributed by atoms with Gasteiger partial charge in [0.25, 0.3) is 11.2 Å². The van der Waals surface area contributed by atoms with Gasteiger partial charge in [0.2, 0.25) is 10.0 Å². The fraction of sp³-hybridized carbons (Fsp3) is 0.316. The highest BCUT2D eigenvalue weighted by Gasteiger charge is 2.25. The number of hydrogen-bond acceptors (Lipinski definition) is 8. The first-order chi connectivity index (χ1) is 14.5. The largest absolute Gasteiger partial charge is 0.465 e. The van der Waals surface area contributed by atoms with Crippen molar-refractivity contribution >= 4 is 33.2 Å². The number of carbonyl (C=O) groups is 2. The van der Waals surface area contributed by atoms with Crippen LogP contribution in [0, 0.1) is 10.1 Å². The number of ketones is 1. The van der Waals surface area contributed by atoms with Gasteiger partial charge in [-0.1, -0.05) is 0 Å². The lowest BCUT2D eigenvalue weighted by Gasteiger charge is -2.29. The Labute approximate surface area is 177 Å². The summed E-state index contributed by atoms with van der Waals surface area (Å²) in [5.74, 6) is -1.58. The van der Waals surface area contributed by atoms with Gasteiger partial charge >= 0.3 is 5.97 Å². The molecule has 164 valence electrons. The van der Waals surface area contributed by atoms with E-state index in [0.29, 0.717) is 30.6 Å². The van der Waals surface area contributed by atoms with Gasteiger partial charge in [-0.05, 0) is 36.6 Å². The Morgan fingerprint density at radius 3 is 2.58 bits per heavy atom. The maximum atomic E-state index is 12.8. The van der Waals surface area contributed by atoms with E-state index >= 15 is 0 Å². The van der Waals surface area contributed by atoms with Gasteiger partial charge in [-0.2, -0.15) is 0 Å². The Bertz CT molecular complexity index is 1250. The van der Waals surface area contributed by atoms with Crippen molar-refractivity contribution in [1.29, 1.82) is 0 Å². The Hall–Kier alpha value is -3.54. The van der Waals surface area contributed by atoms with Gasteiger partial charge in [0, 0.05) is 18.2 Å². The number of nitrogens with zero attached hydrogens (tertiary/aromatic N) is 3. The van der Waals surface area contributed by atoms with E-state index < -0.39 is 50.1 Å². The van der Waals surface area contributed by atoms with Gasteiger partial charge < -0.3 is 9.30 Å². The summed E-state index contributed by atoms with van der Waals surface area (Å²) in [4.78, 5) is 47.5. The summed E-state index contributed by atoms with van der Waals surface area (Å²) in [5, 5.41) is 11.2. The third-order valence-electron chi connectivity index (χ3n) is 4.88. The lowest BCUT2D eigenvalue weighted by atomic mass is 9.99. The number of hydrogen-bond donors (Lipinski definition) is 0. The first-order valence-corrected chi connectivity index (χ1v) is 11.0. The molecule has 12 heteroatoms. The van der Waals surface area contributed by atoms with Crippen molar-refractivity contribution in [2.24, 2.45) is 0 Å². The highest BCUT2D eigenvalue weighted by atomic mass is 32.2. The van der Waals surface area contributed by atoms with Gasteiger partial charge in [0.05, 0.1) is 36.7 Å². The van der Waals surface area contributed by atoms with E-state index in [-0.39, 0.29) is 5.56 Å². The van der Waals surface area contributed by atoms with Gasteiger partial charge in [-0.25, -0.2) is 13.2 Å². The monoisotopic (exact) mass is 449 g/mol. The molecular formula is C19H19N3O8S. The van der Waals surface area contributed by atoms with E-state index in [9.17, 15) is 32.9 Å². The van der Waals surface area contributed by atoms with Crippen molar-refractivity contribution < 1.29 is 27.7 Å². The number of fused-ring (bicyclic) bond motifs is 1. The molecule has 1 aliphatic rings. The van der Waals surface area contributed by atoms with Crippen molar-refractivity contribution in [3.8, 4) is 0 Å². The van der Waals surface area contributed by atoms with Crippen LogP contribution >= 0.6 is 0 Å². The molecule has 0 atom stereocenters. The average Bonchev–Trinajstić information content (AvgIpc) is 2.72. The molecule has 1 aliphatic heterocycles. The molecule has 1 aromatic heterocycles. The zero-order valence-electron chi connectivity index (χ0n) is 16.7. The van der Waals surface area contributed by atoms with E-state index in [2.05, 4.69) is 4.74 Å². The van der Waals surface area contributed by atoms with E-state index in [0.717, 1.165) is 30.2 Å². The molecule has 0 unspecified atom stereocenters. The van der Waals surface area contributed by atoms with Crippen LogP contribution in [-0.2, 0) is 27.7 Å². The van der Waals surface area contributed by atoms with Crippen LogP contribution in [0.25, 0.3) is 0 Å². The summed E-state index contributed by atoms with van der Waals surface area (Å²) in [6.45, 7) is -0.197. The molecule has 0 amide bonds. The number of carbonyl (C=O) groups excluding carboxylic acids is 2. The number of benzene rings is 1. The molecule has 31 heavy (non-hydrogen) atoms. The van der Waals surface area contributed by atoms with Gasteiger partial charge in [0.15, 0.2) is 5.78 Å². The maximum absolute atomic E-state index is 12.8. The summed E-state index contributed by atoms with van der Waals surface area (Å²) in [6.07, 6.45) is 3.15. The van der Waals surface area contributed by atoms with Gasteiger partial charge in [0.1, 0.15) is 5.56 Å². The minimum Gasteiger partial charge on any atom is -0.465 e. The number of Topliss-reactive ketones (excluding diaryl/α,β-unsaturated/α-hetero) is 1. The summed E-state index contributed by atoms with van der Waals surface area (Å²) in [6, 6.07) is 5.32. The molecular weight excluding hydrogens is 430 g/mol. The third-order valence-corrected chi connectivity index (χ3v) is 6.06. The van der Waals surface area contributed by atoms with E-state index in [1.165, 1.54) is 16.4 Å². The summed E-state index contributed by atoms with van der Waals surface area (Å²) >= 11 is 0. The van der Waals surface area contributed by atoms with Gasteiger partial charge in [-0.3, -0.25) is 24.0 Å². The number of sulfonamides is 1. The van der Waals surface area contributed by atoms with Crippen LogP contribution in [0.1, 0.15) is 32.7 Å². The lowest BCUT2D eigenvalue weighted by Crippen LogP contribution is -2.34. The second-order valence-electron chi connectivity index (χ2n) is 7.00. The standard InChI is InChI=1S/C19H19N3O8S/c1-30-19(25)15-9-14(22(26)27)10-20(18(15)24)11-17(23)13-5-6-16-12(8-13)4-3-7-21(16)31(2,28)29/h5-6,8-10H,3-4,7,11H2,1-2H3. The number of rotatable bonds is 6. The Morgan fingerprint density at radius 1 is 1.26 bits per heavy atom. The summed E-state index contributed by atoms with van der Waals surface area (Å²) in [5.41, 5.74) is -0.616. The SMILES string of the molecule is COC(=O)c1cc([N+](=O)[O-])cn(CC(=O)c2ccc3c(c2)CCCN3S(C)(=O)=O)c1=O. The van der Waals surface area contributed by atoms with E-state index in [1.54, 1.807) is 6.07 Å². The molecule has 0 fully saturated rings. The lowest BCUT2D eigenvalue weighted by molar-refractivity contribution is -0.385. The quantitative estimate of drug-likeness (QED) is 0.276. The third kappa shape index (κ3) is 4.48. The number of aromatic nitrogens is 1. The van der Waals surface area contributed by atoms with Crippen molar-refractivity contribution in [2.75, 3.05) is 24.2 Å². The molecule has 2 aromatic rings. The van der Waals surface area contributed by atoms with Crippen molar-refractivity contribution in [3.63, 3.8) is 0 Å². The number of nitro groups is 1. The predicted octanol–water partition coefficient (Wildman–Crippen LogP) is 1.14. The highest BCUT2D eigenvalue weighted by Crippen LogP contribution is 2.30. The molecule has 3 rings (SSSR count). The van der Waals surface area contributed by atoms with Crippen LogP contribution in [0.4, 0.5) is 11.4 Å². The molecule has 0 spiro atoms. The van der Waals surface area contributed by atoms with Crippen molar-refractivity contribution in [1.82, 2.24) is 4.57 Å². The smallest absolute Gasteiger partial charge is 0.343 e. The molecule has 0 bridgehead atoms. The molecule has 0 N–H and O–H groups in total.